The van der Waals surface area contributed by atoms with Crippen LogP contribution in [0.1, 0.15) is 31.7 Å². The quantitative estimate of drug-likeness (QED) is 0.664. The minimum atomic E-state index is -3.20. The van der Waals surface area contributed by atoms with Crippen molar-refractivity contribution in [3.63, 3.8) is 0 Å². The van der Waals surface area contributed by atoms with Crippen molar-refractivity contribution >= 4 is 33.3 Å². The first-order chi connectivity index (χ1) is 13.7. The van der Waals surface area contributed by atoms with Crippen LogP contribution in [0.2, 0.25) is 0 Å². The molecule has 2 aliphatic heterocycles. The molecule has 0 bridgehead atoms. The smallest absolute Gasteiger partial charge is 0.355 e. The van der Waals surface area contributed by atoms with Gasteiger partial charge in [-0.15, -0.1) is 0 Å². The van der Waals surface area contributed by atoms with Crippen molar-refractivity contribution in [2.75, 3.05) is 11.5 Å². The van der Waals surface area contributed by atoms with Gasteiger partial charge in [0.05, 0.1) is 17.5 Å². The van der Waals surface area contributed by atoms with E-state index in [0.717, 1.165) is 10.6 Å². The van der Waals surface area contributed by atoms with Crippen LogP contribution in [-0.2, 0) is 35.5 Å². The Bertz CT molecular complexity index is 929. The van der Waals surface area contributed by atoms with Gasteiger partial charge < -0.3 is 10.1 Å². The molecule has 1 fully saturated rings. The fraction of sp³-hybridized carbons (Fsp3) is 0.474. The van der Waals surface area contributed by atoms with Crippen molar-refractivity contribution in [2.45, 2.75) is 44.9 Å². The van der Waals surface area contributed by atoms with Crippen LogP contribution in [0.4, 0.5) is 0 Å². The molecule has 1 saturated heterocycles. The first kappa shape index (κ1) is 21.0. The molecule has 1 aromatic carbocycles. The molecule has 0 unspecified atom stereocenters. The molecule has 0 radical (unpaired) electrons. The molecule has 0 aliphatic carbocycles. The molecule has 3 rings (SSSR count). The minimum Gasteiger partial charge on any atom is -0.448 e. The van der Waals surface area contributed by atoms with E-state index < -0.39 is 33.9 Å². The first-order valence-corrected chi connectivity index (χ1v) is 11.2. The Morgan fingerprint density at radius 3 is 2.66 bits per heavy atom. The second-order valence-electron chi connectivity index (χ2n) is 7.09. The second-order valence-corrected chi connectivity index (χ2v) is 9.32. The molecule has 0 spiro atoms. The van der Waals surface area contributed by atoms with Crippen LogP contribution in [0.3, 0.4) is 0 Å². The molecule has 1 N–H and O–H groups in total. The number of hydrogen-bond donors (Lipinski definition) is 1. The summed E-state index contributed by atoms with van der Waals surface area (Å²) < 4.78 is 28.5. The maximum absolute atomic E-state index is 12.4. The SMILES string of the molecule is C[C@H](OC(=O)C1=NN([C@H]2CCS(=O)(=O)C2)C(=O)CC1)C(=O)NCc1ccccc1. The summed E-state index contributed by atoms with van der Waals surface area (Å²) in [7, 11) is -3.20. The number of sulfone groups is 1. The van der Waals surface area contributed by atoms with Crippen molar-refractivity contribution in [1.29, 1.82) is 0 Å². The maximum atomic E-state index is 12.4. The van der Waals surface area contributed by atoms with E-state index in [9.17, 15) is 22.8 Å². The number of benzene rings is 1. The third-order valence-corrected chi connectivity index (χ3v) is 6.56. The Morgan fingerprint density at radius 1 is 1.28 bits per heavy atom. The number of amides is 2. The molecule has 0 saturated carbocycles. The number of carbonyl (C=O) groups is 3. The van der Waals surface area contributed by atoms with Crippen LogP contribution in [0.25, 0.3) is 0 Å². The molecule has 2 amide bonds. The van der Waals surface area contributed by atoms with Gasteiger partial charge in [-0.05, 0) is 18.9 Å². The Hall–Kier alpha value is -2.75. The average molecular weight is 421 g/mol. The largest absolute Gasteiger partial charge is 0.448 e. The van der Waals surface area contributed by atoms with Gasteiger partial charge in [-0.25, -0.2) is 18.2 Å². The standard InChI is InChI=1S/C19H23N3O6S/c1-13(18(24)20-11-14-5-3-2-4-6-14)28-19(25)16-7-8-17(23)22(21-16)15-9-10-29(26,27)12-15/h2-6,13,15H,7-12H2,1H3,(H,20,24)/t13-,15-/m0/s1. The molecule has 2 heterocycles. The second kappa shape index (κ2) is 8.73. The van der Waals surface area contributed by atoms with Crippen molar-refractivity contribution in [1.82, 2.24) is 10.3 Å². The number of rotatable bonds is 6. The zero-order valence-corrected chi connectivity index (χ0v) is 16.9. The molecule has 10 heteroatoms. The van der Waals surface area contributed by atoms with E-state index in [2.05, 4.69) is 10.4 Å². The Morgan fingerprint density at radius 2 is 2.00 bits per heavy atom. The molecule has 29 heavy (non-hydrogen) atoms. The van der Waals surface area contributed by atoms with Gasteiger partial charge in [0, 0.05) is 19.4 Å². The maximum Gasteiger partial charge on any atom is 0.355 e. The van der Waals surface area contributed by atoms with Gasteiger partial charge in [0.2, 0.25) is 5.91 Å². The summed E-state index contributed by atoms with van der Waals surface area (Å²) in [5.74, 6) is -1.73. The number of esters is 1. The summed E-state index contributed by atoms with van der Waals surface area (Å²) in [4.78, 5) is 36.7. The summed E-state index contributed by atoms with van der Waals surface area (Å²) in [6.45, 7) is 1.76. The topological polar surface area (TPSA) is 122 Å². The van der Waals surface area contributed by atoms with Gasteiger partial charge >= 0.3 is 5.97 Å². The van der Waals surface area contributed by atoms with Gasteiger partial charge in [0.15, 0.2) is 15.9 Å². The van der Waals surface area contributed by atoms with Crippen LogP contribution in [-0.4, -0.2) is 60.6 Å². The lowest BCUT2D eigenvalue weighted by Gasteiger charge is -2.27. The van der Waals surface area contributed by atoms with E-state index in [1.54, 1.807) is 0 Å². The number of hydrogen-bond acceptors (Lipinski definition) is 7. The highest BCUT2D eigenvalue weighted by Gasteiger charge is 2.37. The van der Waals surface area contributed by atoms with E-state index in [4.69, 9.17) is 4.74 Å². The minimum absolute atomic E-state index is 0.00460. The molecule has 9 nitrogen and oxygen atoms in total. The summed E-state index contributed by atoms with van der Waals surface area (Å²) in [5.41, 5.74) is 0.924. The van der Waals surface area contributed by atoms with Crippen molar-refractivity contribution in [3.8, 4) is 0 Å². The Kier molecular flexibility index (Phi) is 6.31. The zero-order chi connectivity index (χ0) is 21.0. The number of nitrogens with one attached hydrogen (secondary N) is 1. The van der Waals surface area contributed by atoms with E-state index in [0.29, 0.717) is 6.54 Å². The lowest BCUT2D eigenvalue weighted by molar-refractivity contribution is -0.149. The van der Waals surface area contributed by atoms with Crippen LogP contribution >= 0.6 is 0 Å². The zero-order valence-electron chi connectivity index (χ0n) is 16.0. The normalized spacial score (nSPS) is 22.0. The number of carbonyl (C=O) groups excluding carboxylic acids is 3. The summed E-state index contributed by atoms with van der Waals surface area (Å²) in [5, 5.41) is 7.82. The van der Waals surface area contributed by atoms with E-state index in [-0.39, 0.29) is 42.4 Å². The van der Waals surface area contributed by atoms with E-state index >= 15 is 0 Å². The first-order valence-electron chi connectivity index (χ1n) is 9.38. The fourth-order valence-corrected chi connectivity index (χ4v) is 4.87. The molecule has 2 atom stereocenters. The highest BCUT2D eigenvalue weighted by Crippen LogP contribution is 2.22. The monoisotopic (exact) mass is 421 g/mol. The Labute approximate surface area is 169 Å². The summed E-state index contributed by atoms with van der Waals surface area (Å²) >= 11 is 0. The summed E-state index contributed by atoms with van der Waals surface area (Å²) in [6.07, 6.45) is -0.615. The van der Waals surface area contributed by atoms with E-state index in [1.807, 2.05) is 30.3 Å². The van der Waals surface area contributed by atoms with Gasteiger partial charge in [-0.1, -0.05) is 30.3 Å². The van der Waals surface area contributed by atoms with Gasteiger partial charge in [0.25, 0.3) is 5.91 Å². The molecule has 156 valence electrons. The molecule has 2 aliphatic rings. The average Bonchev–Trinajstić information content (AvgIpc) is 3.06. The highest BCUT2D eigenvalue weighted by atomic mass is 32.2. The number of ether oxygens (including phenoxy) is 1. The van der Waals surface area contributed by atoms with Crippen LogP contribution in [0.5, 0.6) is 0 Å². The number of hydrazone groups is 1. The van der Waals surface area contributed by atoms with Gasteiger partial charge in [0.1, 0.15) is 5.71 Å². The number of nitrogens with zero attached hydrogens (tertiary/aromatic N) is 2. The highest BCUT2D eigenvalue weighted by molar-refractivity contribution is 7.91. The van der Waals surface area contributed by atoms with Crippen LogP contribution in [0, 0.1) is 0 Å². The lowest BCUT2D eigenvalue weighted by Crippen LogP contribution is -2.43. The van der Waals surface area contributed by atoms with Crippen molar-refractivity contribution < 1.29 is 27.5 Å². The predicted octanol–water partition coefficient (Wildman–Crippen LogP) is 0.400. The van der Waals surface area contributed by atoms with E-state index in [1.165, 1.54) is 6.92 Å². The van der Waals surface area contributed by atoms with Crippen LogP contribution < -0.4 is 5.32 Å². The van der Waals surface area contributed by atoms with Gasteiger partial charge in [-0.2, -0.15) is 5.10 Å². The van der Waals surface area contributed by atoms with Crippen LogP contribution in [0.15, 0.2) is 35.4 Å². The Balaban J connectivity index is 1.58. The third kappa shape index (κ3) is 5.41. The molecule has 1 aromatic rings. The molecular formula is C19H23N3O6S. The third-order valence-electron chi connectivity index (χ3n) is 4.81. The lowest BCUT2D eigenvalue weighted by atomic mass is 10.1. The molecule has 0 aromatic heterocycles. The fourth-order valence-electron chi connectivity index (χ4n) is 3.18. The van der Waals surface area contributed by atoms with Gasteiger partial charge in [-0.3, -0.25) is 9.59 Å². The van der Waals surface area contributed by atoms with Crippen molar-refractivity contribution in [2.24, 2.45) is 5.10 Å². The predicted molar refractivity (Wildman–Crippen MR) is 104 cm³/mol. The molecular weight excluding hydrogens is 398 g/mol. The summed E-state index contributed by atoms with van der Waals surface area (Å²) in [6, 6.07) is 8.74. The van der Waals surface area contributed by atoms with Crippen molar-refractivity contribution in [3.05, 3.63) is 35.9 Å².